The minimum absolute atomic E-state index is 0.0340. The molecule has 2 aromatic heterocycles. The molecular weight excluding hydrogens is 370 g/mol. The maximum absolute atomic E-state index is 12.2. The molecule has 0 atom stereocenters. The molecule has 3 aromatic rings. The van der Waals surface area contributed by atoms with Gasteiger partial charge in [0.05, 0.1) is 13.0 Å². The molecule has 0 saturated heterocycles. The number of nitrogens with one attached hydrogen (secondary N) is 1. The van der Waals surface area contributed by atoms with Crippen molar-refractivity contribution in [2.24, 2.45) is 7.05 Å². The van der Waals surface area contributed by atoms with E-state index in [0.717, 1.165) is 22.3 Å². The van der Waals surface area contributed by atoms with E-state index in [1.807, 2.05) is 40.7 Å². The first-order valence-corrected chi connectivity index (χ1v) is 10.1. The van der Waals surface area contributed by atoms with Crippen molar-refractivity contribution in [2.45, 2.75) is 37.3 Å². The quantitative estimate of drug-likeness (QED) is 0.446. The largest absolute Gasteiger partial charge is 0.357 e. The predicted molar refractivity (Wildman–Crippen MR) is 112 cm³/mol. The molecule has 3 rings (SSSR count). The number of benzene rings is 1. The highest BCUT2D eigenvalue weighted by Gasteiger charge is 2.13. The Kier molecular flexibility index (Phi) is 6.71. The van der Waals surface area contributed by atoms with Crippen molar-refractivity contribution in [3.05, 3.63) is 77.9 Å². The van der Waals surface area contributed by atoms with Crippen molar-refractivity contribution in [3.63, 3.8) is 0 Å². The van der Waals surface area contributed by atoms with Crippen LogP contribution < -0.4 is 5.32 Å². The molecule has 0 spiro atoms. The van der Waals surface area contributed by atoms with Gasteiger partial charge in [-0.25, -0.2) is 0 Å². The minimum Gasteiger partial charge on any atom is -0.357 e. The number of hydrogen-bond donors (Lipinski definition) is 1. The van der Waals surface area contributed by atoms with Crippen LogP contribution in [0.25, 0.3) is 0 Å². The molecule has 28 heavy (non-hydrogen) atoms. The lowest BCUT2D eigenvalue weighted by Gasteiger charge is -2.09. The van der Waals surface area contributed by atoms with E-state index in [1.165, 1.54) is 11.1 Å². The van der Waals surface area contributed by atoms with Crippen LogP contribution in [0.5, 0.6) is 0 Å². The Morgan fingerprint density at radius 3 is 2.86 bits per heavy atom. The van der Waals surface area contributed by atoms with Crippen molar-refractivity contribution < 1.29 is 4.79 Å². The summed E-state index contributed by atoms with van der Waals surface area (Å²) < 4.78 is 3.93. The van der Waals surface area contributed by atoms with E-state index in [-0.39, 0.29) is 5.91 Å². The first kappa shape index (κ1) is 19.9. The van der Waals surface area contributed by atoms with Crippen molar-refractivity contribution in [1.82, 2.24) is 24.6 Å². The smallest absolute Gasteiger partial charge is 0.224 e. The molecule has 0 aliphatic rings. The van der Waals surface area contributed by atoms with Gasteiger partial charge in [0.2, 0.25) is 5.91 Å². The molecule has 0 fully saturated rings. The minimum atomic E-state index is -0.0340. The number of rotatable bonds is 9. The number of aryl methyl sites for hydroxylation is 2. The summed E-state index contributed by atoms with van der Waals surface area (Å²) in [5.41, 5.74) is 3.48. The monoisotopic (exact) mass is 395 g/mol. The number of thioether (sulfide) groups is 1. The molecule has 0 aliphatic carbocycles. The highest BCUT2D eigenvalue weighted by Crippen LogP contribution is 2.22. The van der Waals surface area contributed by atoms with Gasteiger partial charge in [-0.3, -0.25) is 4.79 Å². The number of nitrogens with zero attached hydrogens (tertiary/aromatic N) is 4. The van der Waals surface area contributed by atoms with E-state index in [1.54, 1.807) is 11.8 Å². The van der Waals surface area contributed by atoms with Crippen LogP contribution in [-0.2, 0) is 37.1 Å². The van der Waals surface area contributed by atoms with Crippen LogP contribution in [-0.4, -0.2) is 25.2 Å². The van der Waals surface area contributed by atoms with Gasteiger partial charge in [0.1, 0.15) is 0 Å². The Balaban J connectivity index is 1.61. The highest BCUT2D eigenvalue weighted by molar-refractivity contribution is 7.98. The number of carbonyl (C=O) groups is 1. The Labute approximate surface area is 169 Å². The average Bonchev–Trinajstić information content (AvgIpc) is 3.24. The lowest BCUT2D eigenvalue weighted by Crippen LogP contribution is -2.26. The van der Waals surface area contributed by atoms with Gasteiger partial charge in [-0.2, -0.15) is 0 Å². The van der Waals surface area contributed by atoms with Crippen molar-refractivity contribution >= 4 is 17.7 Å². The molecular formula is C21H25N5OS. The Hall–Kier alpha value is -2.80. The lowest BCUT2D eigenvalue weighted by atomic mass is 10.2. The summed E-state index contributed by atoms with van der Waals surface area (Å²) in [7, 11) is 1.94. The van der Waals surface area contributed by atoms with Gasteiger partial charge >= 0.3 is 0 Å². The van der Waals surface area contributed by atoms with Gasteiger partial charge in [0, 0.05) is 31.7 Å². The van der Waals surface area contributed by atoms with E-state index < -0.39 is 0 Å². The zero-order valence-electron chi connectivity index (χ0n) is 16.3. The molecule has 6 nitrogen and oxygen atoms in total. The molecule has 2 heterocycles. The summed E-state index contributed by atoms with van der Waals surface area (Å²) in [5.74, 6) is 1.51. The van der Waals surface area contributed by atoms with Crippen LogP contribution in [0, 0.1) is 6.92 Å². The molecule has 0 bridgehead atoms. The Morgan fingerprint density at radius 2 is 2.14 bits per heavy atom. The Bertz CT molecular complexity index is 959. The van der Waals surface area contributed by atoms with Crippen LogP contribution in [0.3, 0.4) is 0 Å². The third kappa shape index (κ3) is 5.36. The van der Waals surface area contributed by atoms with Crippen LogP contribution in [0.4, 0.5) is 0 Å². The number of aromatic nitrogens is 4. The van der Waals surface area contributed by atoms with Crippen molar-refractivity contribution in [1.29, 1.82) is 0 Å². The highest BCUT2D eigenvalue weighted by atomic mass is 32.2. The molecule has 0 saturated carbocycles. The first-order chi connectivity index (χ1) is 13.5. The maximum atomic E-state index is 12.2. The third-order valence-electron chi connectivity index (χ3n) is 4.26. The second-order valence-corrected chi connectivity index (χ2v) is 7.66. The van der Waals surface area contributed by atoms with Gasteiger partial charge in [0.25, 0.3) is 0 Å². The van der Waals surface area contributed by atoms with Gasteiger partial charge in [0.15, 0.2) is 11.0 Å². The normalized spacial score (nSPS) is 10.8. The fraction of sp³-hybridized carbons (Fsp3) is 0.286. The molecule has 0 radical (unpaired) electrons. The maximum Gasteiger partial charge on any atom is 0.224 e. The second kappa shape index (κ2) is 9.41. The van der Waals surface area contributed by atoms with Crippen LogP contribution in [0.1, 0.15) is 22.5 Å². The summed E-state index contributed by atoms with van der Waals surface area (Å²) in [6.45, 7) is 6.86. The summed E-state index contributed by atoms with van der Waals surface area (Å²) in [5, 5.41) is 12.3. The molecule has 146 valence electrons. The lowest BCUT2D eigenvalue weighted by molar-refractivity contribution is -0.120. The molecule has 1 amide bonds. The molecule has 7 heteroatoms. The van der Waals surface area contributed by atoms with Crippen molar-refractivity contribution in [3.8, 4) is 0 Å². The molecule has 0 unspecified atom stereocenters. The van der Waals surface area contributed by atoms with E-state index >= 15 is 0 Å². The summed E-state index contributed by atoms with van der Waals surface area (Å²) in [4.78, 5) is 12.2. The zero-order valence-corrected chi connectivity index (χ0v) is 17.1. The van der Waals surface area contributed by atoms with Gasteiger partial charge in [-0.1, -0.05) is 47.7 Å². The van der Waals surface area contributed by atoms with Gasteiger partial charge < -0.3 is 14.5 Å². The summed E-state index contributed by atoms with van der Waals surface area (Å²) in [6, 6.07) is 10.4. The van der Waals surface area contributed by atoms with E-state index in [9.17, 15) is 4.79 Å². The third-order valence-corrected chi connectivity index (χ3v) is 5.30. The van der Waals surface area contributed by atoms with Gasteiger partial charge in [-0.05, 0) is 24.1 Å². The van der Waals surface area contributed by atoms with E-state index in [4.69, 9.17) is 0 Å². The van der Waals surface area contributed by atoms with Gasteiger partial charge in [-0.15, -0.1) is 16.8 Å². The fourth-order valence-corrected chi connectivity index (χ4v) is 3.82. The predicted octanol–water partition coefficient (Wildman–Crippen LogP) is 3.26. The number of allylic oxidation sites excluding steroid dienone is 1. The Morgan fingerprint density at radius 1 is 1.29 bits per heavy atom. The van der Waals surface area contributed by atoms with Crippen LogP contribution >= 0.6 is 11.8 Å². The average molecular weight is 396 g/mol. The topological polar surface area (TPSA) is 64.7 Å². The second-order valence-electron chi connectivity index (χ2n) is 6.71. The number of hydrogen-bond acceptors (Lipinski definition) is 4. The zero-order chi connectivity index (χ0) is 19.9. The summed E-state index contributed by atoms with van der Waals surface area (Å²) >= 11 is 1.64. The van der Waals surface area contributed by atoms with E-state index in [0.29, 0.717) is 19.5 Å². The molecule has 1 aromatic carbocycles. The number of amides is 1. The SMILES string of the molecule is C=CCn1c(CNC(=O)Cc2ccn(C)c2)nnc1SCc1cccc(C)c1. The molecule has 0 aliphatic heterocycles. The molecule has 1 N–H and O–H groups in total. The fourth-order valence-electron chi connectivity index (χ4n) is 2.91. The number of carbonyl (C=O) groups excluding carboxylic acids is 1. The van der Waals surface area contributed by atoms with Crippen LogP contribution in [0.2, 0.25) is 0 Å². The standard InChI is InChI=1S/C21H25N5OS/c1-4-9-26-19(13-22-20(27)12-17-8-10-25(3)14-17)23-24-21(26)28-15-18-7-5-6-16(2)11-18/h4-8,10-11,14H,1,9,12-13,15H2,2-3H3,(H,22,27). The van der Waals surface area contributed by atoms with Crippen molar-refractivity contribution in [2.75, 3.05) is 0 Å². The summed E-state index contributed by atoms with van der Waals surface area (Å²) in [6.07, 6.45) is 6.04. The van der Waals surface area contributed by atoms with Crippen LogP contribution in [0.15, 0.2) is 60.5 Å². The first-order valence-electron chi connectivity index (χ1n) is 9.14. The van der Waals surface area contributed by atoms with E-state index in [2.05, 4.69) is 53.3 Å².